The lowest BCUT2D eigenvalue weighted by Gasteiger charge is -2.14. The lowest BCUT2D eigenvalue weighted by molar-refractivity contribution is 0.103. The number of fused-ring (bicyclic) bond motifs is 1. The molecule has 0 fully saturated rings. The van der Waals surface area contributed by atoms with E-state index >= 15 is 0 Å². The number of carbonyl (C=O) groups excluding carboxylic acids is 1. The second kappa shape index (κ2) is 7.00. The summed E-state index contributed by atoms with van der Waals surface area (Å²) in [6.45, 7) is 1.93. The van der Waals surface area contributed by atoms with Gasteiger partial charge >= 0.3 is 0 Å². The van der Waals surface area contributed by atoms with Crippen LogP contribution in [0.15, 0.2) is 30.5 Å². The van der Waals surface area contributed by atoms with Crippen LogP contribution < -0.4 is 18.9 Å². The van der Waals surface area contributed by atoms with Crippen LogP contribution in [0.25, 0.3) is 10.9 Å². The lowest BCUT2D eigenvalue weighted by atomic mass is 9.99. The van der Waals surface area contributed by atoms with Crippen molar-refractivity contribution < 1.29 is 23.7 Å². The molecule has 6 nitrogen and oxygen atoms in total. The monoisotopic (exact) mass is 355 g/mol. The van der Waals surface area contributed by atoms with Gasteiger partial charge < -0.3 is 23.9 Å². The quantitative estimate of drug-likeness (QED) is 0.682. The minimum atomic E-state index is -0.146. The third kappa shape index (κ3) is 2.73. The van der Waals surface area contributed by atoms with Gasteiger partial charge in [0, 0.05) is 33.8 Å². The van der Waals surface area contributed by atoms with E-state index in [1.807, 2.05) is 19.1 Å². The van der Waals surface area contributed by atoms with Gasteiger partial charge in [-0.2, -0.15) is 0 Å². The molecule has 0 bridgehead atoms. The highest BCUT2D eigenvalue weighted by atomic mass is 16.5. The molecule has 3 aromatic rings. The summed E-state index contributed by atoms with van der Waals surface area (Å²) in [4.78, 5) is 16.3. The topological polar surface area (TPSA) is 69.8 Å². The number of methoxy groups -OCH3 is 4. The third-order valence-corrected chi connectivity index (χ3v) is 4.45. The van der Waals surface area contributed by atoms with E-state index in [2.05, 4.69) is 4.98 Å². The van der Waals surface area contributed by atoms with E-state index in [9.17, 15) is 4.79 Å². The van der Waals surface area contributed by atoms with Gasteiger partial charge in [0.05, 0.1) is 28.4 Å². The number of carbonyl (C=O) groups is 1. The Morgan fingerprint density at radius 1 is 0.885 bits per heavy atom. The number of rotatable bonds is 6. The Bertz CT molecular complexity index is 949. The van der Waals surface area contributed by atoms with E-state index in [4.69, 9.17) is 18.9 Å². The van der Waals surface area contributed by atoms with Crippen LogP contribution in [-0.4, -0.2) is 39.2 Å². The Morgan fingerprint density at radius 3 is 2.04 bits per heavy atom. The summed E-state index contributed by atoms with van der Waals surface area (Å²) < 4.78 is 21.4. The molecule has 2 aromatic carbocycles. The maximum atomic E-state index is 13.2. The summed E-state index contributed by atoms with van der Waals surface area (Å²) in [5.74, 6) is 1.90. The number of H-pyrrole nitrogens is 1. The molecule has 26 heavy (non-hydrogen) atoms. The van der Waals surface area contributed by atoms with Crippen LogP contribution in [0, 0.1) is 6.92 Å². The number of benzene rings is 2. The number of aromatic nitrogens is 1. The molecule has 0 spiro atoms. The molecule has 0 amide bonds. The Hall–Kier alpha value is -3.15. The molecule has 0 atom stereocenters. The Labute approximate surface area is 151 Å². The van der Waals surface area contributed by atoms with Crippen LogP contribution in [-0.2, 0) is 0 Å². The fourth-order valence-electron chi connectivity index (χ4n) is 3.15. The van der Waals surface area contributed by atoms with Crippen molar-refractivity contribution in [2.45, 2.75) is 6.92 Å². The SMILES string of the molecule is COc1cc(C(=O)c2c[nH]c3ccc(OC)c(C)c23)cc(OC)c1OC. The van der Waals surface area contributed by atoms with Crippen LogP contribution in [0.5, 0.6) is 23.0 Å². The number of nitrogens with one attached hydrogen (secondary N) is 1. The molecule has 1 aromatic heterocycles. The predicted molar refractivity (Wildman–Crippen MR) is 99.1 cm³/mol. The van der Waals surface area contributed by atoms with Crippen molar-refractivity contribution in [3.8, 4) is 23.0 Å². The van der Waals surface area contributed by atoms with Crippen molar-refractivity contribution in [3.63, 3.8) is 0 Å². The zero-order valence-electron chi connectivity index (χ0n) is 15.4. The smallest absolute Gasteiger partial charge is 0.203 e. The predicted octanol–water partition coefficient (Wildman–Crippen LogP) is 3.74. The number of ketones is 1. The van der Waals surface area contributed by atoms with Crippen LogP contribution >= 0.6 is 0 Å². The van der Waals surface area contributed by atoms with Crippen molar-refractivity contribution in [2.75, 3.05) is 28.4 Å². The molecule has 6 heteroatoms. The largest absolute Gasteiger partial charge is 0.496 e. The van der Waals surface area contributed by atoms with E-state index in [0.29, 0.717) is 28.4 Å². The van der Waals surface area contributed by atoms with Crippen LogP contribution in [0.1, 0.15) is 21.5 Å². The maximum absolute atomic E-state index is 13.2. The molecule has 0 saturated heterocycles. The summed E-state index contributed by atoms with van der Waals surface area (Å²) in [5, 5.41) is 0.836. The molecule has 0 radical (unpaired) electrons. The second-order valence-electron chi connectivity index (χ2n) is 5.76. The first-order valence-electron chi connectivity index (χ1n) is 8.05. The van der Waals surface area contributed by atoms with Crippen LogP contribution in [0.2, 0.25) is 0 Å². The molecule has 1 N–H and O–H groups in total. The van der Waals surface area contributed by atoms with Crippen LogP contribution in [0.3, 0.4) is 0 Å². The summed E-state index contributed by atoms with van der Waals surface area (Å²) >= 11 is 0. The minimum Gasteiger partial charge on any atom is -0.496 e. The van der Waals surface area contributed by atoms with Crippen LogP contribution in [0.4, 0.5) is 0 Å². The number of ether oxygens (including phenoxy) is 4. The summed E-state index contributed by atoms with van der Waals surface area (Å²) in [6, 6.07) is 7.07. The molecular weight excluding hydrogens is 334 g/mol. The van der Waals surface area contributed by atoms with Gasteiger partial charge in [0.25, 0.3) is 0 Å². The Balaban J connectivity index is 2.17. The van der Waals surface area contributed by atoms with E-state index in [0.717, 1.165) is 22.2 Å². The zero-order chi connectivity index (χ0) is 18.8. The van der Waals surface area contributed by atoms with E-state index in [1.54, 1.807) is 25.4 Å². The van der Waals surface area contributed by atoms with Gasteiger partial charge in [-0.3, -0.25) is 4.79 Å². The fourth-order valence-corrected chi connectivity index (χ4v) is 3.15. The molecule has 0 aliphatic carbocycles. The highest BCUT2D eigenvalue weighted by molar-refractivity contribution is 6.17. The van der Waals surface area contributed by atoms with E-state index < -0.39 is 0 Å². The van der Waals surface area contributed by atoms with Crippen molar-refractivity contribution in [1.29, 1.82) is 0 Å². The van der Waals surface area contributed by atoms with Gasteiger partial charge in [-0.05, 0) is 31.2 Å². The van der Waals surface area contributed by atoms with E-state index in [1.165, 1.54) is 21.3 Å². The van der Waals surface area contributed by atoms with Gasteiger partial charge in [0.1, 0.15) is 5.75 Å². The van der Waals surface area contributed by atoms with Gasteiger partial charge in [0.2, 0.25) is 5.75 Å². The van der Waals surface area contributed by atoms with E-state index in [-0.39, 0.29) is 5.78 Å². The summed E-state index contributed by atoms with van der Waals surface area (Å²) in [5.41, 5.74) is 2.79. The standard InChI is InChI=1S/C20H21NO5/c1-11-15(23-2)7-6-14-18(11)13(10-21-14)19(22)12-8-16(24-3)20(26-5)17(9-12)25-4/h6-10,21H,1-5H3. The first-order chi connectivity index (χ1) is 12.5. The summed E-state index contributed by atoms with van der Waals surface area (Å²) in [6.07, 6.45) is 1.71. The number of hydrogen-bond acceptors (Lipinski definition) is 5. The Morgan fingerprint density at radius 2 is 1.50 bits per heavy atom. The average Bonchev–Trinajstić information content (AvgIpc) is 3.11. The minimum absolute atomic E-state index is 0.146. The van der Waals surface area contributed by atoms with Crippen molar-refractivity contribution in [2.24, 2.45) is 0 Å². The second-order valence-corrected chi connectivity index (χ2v) is 5.76. The third-order valence-electron chi connectivity index (χ3n) is 4.45. The molecule has 3 rings (SSSR count). The highest BCUT2D eigenvalue weighted by Gasteiger charge is 2.21. The normalized spacial score (nSPS) is 10.7. The van der Waals surface area contributed by atoms with Crippen molar-refractivity contribution in [1.82, 2.24) is 4.98 Å². The first kappa shape index (κ1) is 17.7. The van der Waals surface area contributed by atoms with Gasteiger partial charge in [-0.25, -0.2) is 0 Å². The molecule has 0 unspecified atom stereocenters. The Kier molecular flexibility index (Phi) is 4.75. The van der Waals surface area contributed by atoms with Crippen molar-refractivity contribution in [3.05, 3.63) is 47.2 Å². The summed E-state index contributed by atoms with van der Waals surface area (Å²) in [7, 11) is 6.18. The van der Waals surface area contributed by atoms with Gasteiger partial charge in [-0.15, -0.1) is 0 Å². The fraction of sp³-hybridized carbons (Fsp3) is 0.250. The average molecular weight is 355 g/mol. The molecule has 0 saturated carbocycles. The number of aromatic amines is 1. The number of aryl methyl sites for hydroxylation is 1. The molecular formula is C20H21NO5. The molecule has 0 aliphatic heterocycles. The zero-order valence-corrected chi connectivity index (χ0v) is 15.4. The van der Waals surface area contributed by atoms with Gasteiger partial charge in [-0.1, -0.05) is 0 Å². The van der Waals surface area contributed by atoms with Crippen molar-refractivity contribution >= 4 is 16.7 Å². The molecule has 136 valence electrons. The first-order valence-corrected chi connectivity index (χ1v) is 8.05. The number of hydrogen-bond donors (Lipinski definition) is 1. The molecule has 0 aliphatic rings. The maximum Gasteiger partial charge on any atom is 0.203 e. The lowest BCUT2D eigenvalue weighted by Crippen LogP contribution is -2.04. The molecule has 1 heterocycles. The van der Waals surface area contributed by atoms with Gasteiger partial charge in [0.15, 0.2) is 17.3 Å². The highest BCUT2D eigenvalue weighted by Crippen LogP contribution is 2.39.